The Morgan fingerprint density at radius 2 is 1.33 bits per heavy atom. The van der Waals surface area contributed by atoms with Gasteiger partial charge in [-0.05, 0) is 108 Å². The van der Waals surface area contributed by atoms with E-state index in [-0.39, 0.29) is 22.1 Å². The highest BCUT2D eigenvalue weighted by Crippen LogP contribution is 2.34. The lowest BCUT2D eigenvalue weighted by atomic mass is 9.88. The molecule has 0 bridgehead atoms. The SMILES string of the molecule is CN(CCCc1c(C(=O)O)cc2oc(=O)c3cc(C(=O)O)ccc3c2c1CCCN(C)C1CCCCC1)C1CCCCC1. The van der Waals surface area contributed by atoms with Gasteiger partial charge in [0.25, 0.3) is 0 Å². The third kappa shape index (κ3) is 7.13. The molecule has 0 amide bonds. The zero-order valence-electron chi connectivity index (χ0n) is 25.7. The summed E-state index contributed by atoms with van der Waals surface area (Å²) in [5.41, 5.74) is 1.50. The highest BCUT2D eigenvalue weighted by Gasteiger charge is 2.24. The molecular weight excluding hydrogens is 544 g/mol. The first kappa shape index (κ1) is 31.2. The van der Waals surface area contributed by atoms with Crippen LogP contribution >= 0.6 is 0 Å². The van der Waals surface area contributed by atoms with E-state index in [9.17, 15) is 24.6 Å². The number of aryl methyl sites for hydroxylation is 1. The summed E-state index contributed by atoms with van der Waals surface area (Å²) in [5, 5.41) is 21.4. The quantitative estimate of drug-likeness (QED) is 0.176. The Balaban J connectivity index is 1.53. The minimum Gasteiger partial charge on any atom is -0.478 e. The van der Waals surface area contributed by atoms with Gasteiger partial charge in [0.2, 0.25) is 0 Å². The Kier molecular flexibility index (Phi) is 10.2. The van der Waals surface area contributed by atoms with Gasteiger partial charge in [-0.15, -0.1) is 0 Å². The molecule has 5 rings (SSSR count). The molecule has 8 heteroatoms. The van der Waals surface area contributed by atoms with Gasteiger partial charge in [-0.1, -0.05) is 44.6 Å². The number of aromatic carboxylic acids is 2. The predicted octanol–water partition coefficient (Wildman–Crippen LogP) is 6.74. The summed E-state index contributed by atoms with van der Waals surface area (Å²) in [6, 6.07) is 7.22. The fourth-order valence-corrected chi connectivity index (χ4v) is 7.52. The van der Waals surface area contributed by atoms with E-state index in [2.05, 4.69) is 23.9 Å². The number of hydrogen-bond acceptors (Lipinski definition) is 6. The summed E-state index contributed by atoms with van der Waals surface area (Å²) >= 11 is 0. The lowest BCUT2D eigenvalue weighted by Crippen LogP contribution is -2.34. The molecule has 0 saturated heterocycles. The monoisotopic (exact) mass is 590 g/mol. The van der Waals surface area contributed by atoms with E-state index in [1.54, 1.807) is 6.07 Å². The normalized spacial score (nSPS) is 16.9. The first-order valence-corrected chi connectivity index (χ1v) is 16.2. The molecule has 43 heavy (non-hydrogen) atoms. The molecule has 0 spiro atoms. The van der Waals surface area contributed by atoms with Crippen molar-refractivity contribution in [3.05, 3.63) is 56.9 Å². The number of carboxylic acid groups (broad SMARTS) is 2. The third-order valence-electron chi connectivity index (χ3n) is 9.97. The van der Waals surface area contributed by atoms with Gasteiger partial charge in [0.05, 0.1) is 16.5 Å². The molecule has 2 saturated carbocycles. The van der Waals surface area contributed by atoms with Crippen LogP contribution in [0.15, 0.2) is 33.5 Å². The van der Waals surface area contributed by atoms with Crippen LogP contribution in [0.5, 0.6) is 0 Å². The van der Waals surface area contributed by atoms with Gasteiger partial charge < -0.3 is 24.4 Å². The van der Waals surface area contributed by atoms with E-state index in [1.165, 1.54) is 82.4 Å². The minimum absolute atomic E-state index is 0.0166. The molecule has 0 radical (unpaired) electrons. The average molecular weight is 591 g/mol. The van der Waals surface area contributed by atoms with E-state index in [1.807, 2.05) is 0 Å². The van der Waals surface area contributed by atoms with Crippen LogP contribution in [0.25, 0.3) is 21.7 Å². The van der Waals surface area contributed by atoms with Crippen molar-refractivity contribution in [3.8, 4) is 0 Å². The predicted molar refractivity (Wildman–Crippen MR) is 170 cm³/mol. The summed E-state index contributed by atoms with van der Waals surface area (Å²) in [4.78, 5) is 42.2. The van der Waals surface area contributed by atoms with E-state index in [0.29, 0.717) is 30.3 Å². The second-order valence-corrected chi connectivity index (χ2v) is 12.8. The Morgan fingerprint density at radius 3 is 1.86 bits per heavy atom. The fourth-order valence-electron chi connectivity index (χ4n) is 7.52. The van der Waals surface area contributed by atoms with Crippen LogP contribution in [0.3, 0.4) is 0 Å². The molecule has 0 aliphatic heterocycles. The molecule has 2 N–H and O–H groups in total. The van der Waals surface area contributed by atoms with Crippen LogP contribution in [-0.4, -0.2) is 71.2 Å². The number of hydrogen-bond donors (Lipinski definition) is 2. The topological polar surface area (TPSA) is 111 Å². The minimum atomic E-state index is -1.11. The number of carbonyl (C=O) groups is 2. The molecule has 0 unspecified atom stereocenters. The maximum absolute atomic E-state index is 13.0. The zero-order valence-corrected chi connectivity index (χ0v) is 25.7. The van der Waals surface area contributed by atoms with Gasteiger partial charge in [0.15, 0.2) is 0 Å². The molecule has 232 valence electrons. The molecule has 1 heterocycles. The standard InChI is InChI=1S/C35H46N2O6/c1-36(24-11-5-3-6-12-24)19-9-15-26-27(16-10-20-37(2)25-13-7-4-8-14-25)32-28-18-17-23(33(38)39)21-30(28)35(42)43-31(32)22-29(26)34(40)41/h17-18,21-22,24-25H,3-16,19-20H2,1-2H3,(H,38,39)(H,40,41). The second-order valence-electron chi connectivity index (χ2n) is 12.8. The summed E-state index contributed by atoms with van der Waals surface area (Å²) in [5.74, 6) is -2.14. The number of rotatable bonds is 12. The maximum atomic E-state index is 13.0. The summed E-state index contributed by atoms with van der Waals surface area (Å²) in [7, 11) is 4.37. The third-order valence-corrected chi connectivity index (χ3v) is 9.97. The Morgan fingerprint density at radius 1 is 0.767 bits per heavy atom. The molecule has 3 aromatic rings. The van der Waals surface area contributed by atoms with Crippen molar-refractivity contribution in [2.45, 2.75) is 102 Å². The van der Waals surface area contributed by atoms with E-state index in [4.69, 9.17) is 4.42 Å². The lowest BCUT2D eigenvalue weighted by Gasteiger charge is -2.31. The first-order chi connectivity index (χ1) is 20.7. The second kappa shape index (κ2) is 14.0. The Labute approximate surface area is 253 Å². The fraction of sp³-hybridized carbons (Fsp3) is 0.571. The van der Waals surface area contributed by atoms with E-state index >= 15 is 0 Å². The van der Waals surface area contributed by atoms with Gasteiger partial charge >= 0.3 is 17.6 Å². The molecule has 2 aliphatic rings. The van der Waals surface area contributed by atoms with E-state index < -0.39 is 17.6 Å². The smallest absolute Gasteiger partial charge is 0.344 e. The van der Waals surface area contributed by atoms with Crippen LogP contribution in [-0.2, 0) is 12.8 Å². The van der Waals surface area contributed by atoms with Crippen LogP contribution in [0.1, 0.15) is 109 Å². The number of carboxylic acids is 2. The molecule has 2 aliphatic carbocycles. The zero-order chi connectivity index (χ0) is 30.5. The van der Waals surface area contributed by atoms with Gasteiger partial charge in [0.1, 0.15) is 5.58 Å². The summed E-state index contributed by atoms with van der Waals surface area (Å²) in [6.45, 7) is 1.78. The van der Waals surface area contributed by atoms with Crippen molar-refractivity contribution in [1.82, 2.24) is 9.80 Å². The molecule has 2 fully saturated rings. The maximum Gasteiger partial charge on any atom is 0.344 e. The van der Waals surface area contributed by atoms with Crippen molar-refractivity contribution >= 4 is 33.7 Å². The highest BCUT2D eigenvalue weighted by molar-refractivity contribution is 6.10. The van der Waals surface area contributed by atoms with E-state index in [0.717, 1.165) is 42.4 Å². The first-order valence-electron chi connectivity index (χ1n) is 16.2. The van der Waals surface area contributed by atoms with Gasteiger partial charge in [-0.2, -0.15) is 0 Å². The van der Waals surface area contributed by atoms with Crippen LogP contribution in [0, 0.1) is 0 Å². The van der Waals surface area contributed by atoms with Crippen molar-refractivity contribution in [2.24, 2.45) is 0 Å². The summed E-state index contributed by atoms with van der Waals surface area (Å²) in [6.07, 6.45) is 15.5. The van der Waals surface area contributed by atoms with Crippen molar-refractivity contribution in [1.29, 1.82) is 0 Å². The lowest BCUT2D eigenvalue weighted by molar-refractivity contribution is 0.0685. The molecule has 1 aromatic heterocycles. The van der Waals surface area contributed by atoms with Crippen LogP contribution < -0.4 is 5.63 Å². The van der Waals surface area contributed by atoms with Crippen LogP contribution in [0.2, 0.25) is 0 Å². The number of fused-ring (bicyclic) bond motifs is 3. The number of nitrogens with zero attached hydrogens (tertiary/aromatic N) is 2. The van der Waals surface area contributed by atoms with Crippen molar-refractivity contribution in [3.63, 3.8) is 0 Å². The van der Waals surface area contributed by atoms with Gasteiger partial charge in [-0.25, -0.2) is 14.4 Å². The largest absolute Gasteiger partial charge is 0.478 e. The molecule has 8 nitrogen and oxygen atoms in total. The van der Waals surface area contributed by atoms with Crippen LogP contribution in [0.4, 0.5) is 0 Å². The van der Waals surface area contributed by atoms with Crippen molar-refractivity contribution in [2.75, 3.05) is 27.2 Å². The molecule has 0 atom stereocenters. The average Bonchev–Trinajstić information content (AvgIpc) is 3.01. The highest BCUT2D eigenvalue weighted by atomic mass is 16.4. The van der Waals surface area contributed by atoms with Gasteiger partial charge in [-0.3, -0.25) is 0 Å². The Bertz CT molecular complexity index is 1520. The number of benzene rings is 2. The molecular formula is C35H46N2O6. The van der Waals surface area contributed by atoms with Gasteiger partial charge in [0, 0.05) is 22.9 Å². The Hall–Kier alpha value is -3.23. The van der Waals surface area contributed by atoms with Crippen molar-refractivity contribution < 1.29 is 24.2 Å². The molecule has 2 aromatic carbocycles. The summed E-state index contributed by atoms with van der Waals surface area (Å²) < 4.78 is 5.71.